The molecule has 0 aliphatic heterocycles. The highest BCUT2D eigenvalue weighted by Gasteiger charge is 1.85. The molecule has 0 aromatic heterocycles. The summed E-state index contributed by atoms with van der Waals surface area (Å²) in [5.41, 5.74) is 2.20. The van der Waals surface area contributed by atoms with E-state index in [1.54, 1.807) is 6.21 Å². The fraction of sp³-hybridized carbons (Fsp3) is 0.222. The lowest BCUT2D eigenvalue weighted by Gasteiger charge is -1.92. The second-order valence-corrected chi connectivity index (χ2v) is 2.61. The molecule has 0 N–H and O–H groups in total. The lowest BCUT2D eigenvalue weighted by atomic mass is 10.2. The van der Waals surface area contributed by atoms with Gasteiger partial charge in [0.15, 0.2) is 0 Å². The van der Waals surface area contributed by atoms with Crippen LogP contribution in [0.3, 0.4) is 0 Å². The van der Waals surface area contributed by atoms with Crippen LogP contribution in [0.25, 0.3) is 0 Å². The molecular formula is C9H10ClN. The normalized spacial score (nSPS) is 10.7. The van der Waals surface area contributed by atoms with E-state index < -0.39 is 0 Å². The molecule has 1 nitrogen and oxygen atoms in total. The highest BCUT2D eigenvalue weighted by Crippen LogP contribution is 2.11. The van der Waals surface area contributed by atoms with E-state index in [1.807, 2.05) is 24.3 Å². The van der Waals surface area contributed by atoms with Crippen LogP contribution in [-0.4, -0.2) is 12.1 Å². The van der Waals surface area contributed by atoms with Crippen LogP contribution in [0.1, 0.15) is 5.56 Å². The molecule has 0 bridgehead atoms. The van der Waals surface area contributed by atoms with Gasteiger partial charge in [0, 0.05) is 6.21 Å². The molecule has 0 heterocycles. The highest BCUT2D eigenvalue weighted by atomic mass is 35.5. The van der Waals surface area contributed by atoms with Crippen LogP contribution in [0, 0.1) is 6.92 Å². The fourth-order valence-corrected chi connectivity index (χ4v) is 0.840. The van der Waals surface area contributed by atoms with Crippen molar-refractivity contribution in [3.63, 3.8) is 0 Å². The first-order valence-corrected chi connectivity index (χ1v) is 4.01. The van der Waals surface area contributed by atoms with Crippen molar-refractivity contribution in [2.24, 2.45) is 4.99 Å². The van der Waals surface area contributed by atoms with E-state index in [0.717, 1.165) is 5.69 Å². The molecule has 2 heteroatoms. The fourth-order valence-electron chi connectivity index (χ4n) is 0.771. The Morgan fingerprint density at radius 2 is 2.00 bits per heavy atom. The number of benzene rings is 1. The van der Waals surface area contributed by atoms with Crippen molar-refractivity contribution in [1.29, 1.82) is 0 Å². The molecule has 1 rings (SSSR count). The molecule has 0 radical (unpaired) electrons. The van der Waals surface area contributed by atoms with Gasteiger partial charge in [0.25, 0.3) is 0 Å². The van der Waals surface area contributed by atoms with Crippen LogP contribution in [0.4, 0.5) is 5.69 Å². The number of rotatable bonds is 2. The van der Waals surface area contributed by atoms with Crippen molar-refractivity contribution >= 4 is 23.5 Å². The molecule has 58 valence electrons. The maximum Gasteiger partial charge on any atom is 0.0626 e. The third-order valence-corrected chi connectivity index (χ3v) is 1.48. The number of aryl methyl sites for hydroxylation is 1. The van der Waals surface area contributed by atoms with Gasteiger partial charge in [0.1, 0.15) is 0 Å². The van der Waals surface area contributed by atoms with E-state index in [1.165, 1.54) is 5.56 Å². The predicted octanol–water partition coefficient (Wildman–Crippen LogP) is 2.94. The summed E-state index contributed by atoms with van der Waals surface area (Å²) in [4.78, 5) is 4.11. The number of alkyl halides is 1. The summed E-state index contributed by atoms with van der Waals surface area (Å²) in [6.45, 7) is 2.05. The summed E-state index contributed by atoms with van der Waals surface area (Å²) >= 11 is 5.43. The standard InChI is InChI=1S/C9H10ClN/c1-8-2-4-9(5-3-8)11-7-6-10/h2-5,7H,6H2,1H3. The summed E-state index contributed by atoms with van der Waals surface area (Å²) < 4.78 is 0. The lowest BCUT2D eigenvalue weighted by molar-refractivity contribution is 1.44. The zero-order chi connectivity index (χ0) is 8.10. The van der Waals surface area contributed by atoms with Gasteiger partial charge in [0.2, 0.25) is 0 Å². The molecule has 1 aromatic rings. The zero-order valence-electron chi connectivity index (χ0n) is 6.42. The molecule has 0 aliphatic rings. The largest absolute Gasteiger partial charge is 0.260 e. The van der Waals surface area contributed by atoms with E-state index in [9.17, 15) is 0 Å². The Morgan fingerprint density at radius 3 is 2.55 bits per heavy atom. The van der Waals surface area contributed by atoms with Gasteiger partial charge in [-0.1, -0.05) is 17.7 Å². The lowest BCUT2D eigenvalue weighted by Crippen LogP contribution is -1.73. The first-order chi connectivity index (χ1) is 5.33. The van der Waals surface area contributed by atoms with Gasteiger partial charge in [-0.05, 0) is 19.1 Å². The van der Waals surface area contributed by atoms with Gasteiger partial charge in [-0.3, -0.25) is 4.99 Å². The molecule has 0 saturated heterocycles. The third-order valence-electron chi connectivity index (χ3n) is 1.34. The second-order valence-electron chi connectivity index (χ2n) is 2.30. The van der Waals surface area contributed by atoms with Crippen molar-refractivity contribution in [2.45, 2.75) is 6.92 Å². The Balaban J connectivity index is 2.73. The highest BCUT2D eigenvalue weighted by molar-refractivity contribution is 6.24. The Bertz CT molecular complexity index is 238. The molecule has 0 unspecified atom stereocenters. The van der Waals surface area contributed by atoms with Crippen LogP contribution in [0.15, 0.2) is 29.3 Å². The molecule has 11 heavy (non-hydrogen) atoms. The van der Waals surface area contributed by atoms with Crippen LogP contribution in [-0.2, 0) is 0 Å². The smallest absolute Gasteiger partial charge is 0.0626 e. The zero-order valence-corrected chi connectivity index (χ0v) is 7.17. The minimum absolute atomic E-state index is 0.466. The number of nitrogens with zero attached hydrogens (tertiary/aromatic N) is 1. The first kappa shape index (κ1) is 8.28. The van der Waals surface area contributed by atoms with Crippen LogP contribution in [0.2, 0.25) is 0 Å². The van der Waals surface area contributed by atoms with Crippen molar-refractivity contribution in [2.75, 3.05) is 5.88 Å². The molecule has 0 atom stereocenters. The minimum atomic E-state index is 0.466. The monoisotopic (exact) mass is 167 g/mol. The predicted molar refractivity (Wildman–Crippen MR) is 50.1 cm³/mol. The molecule has 1 aromatic carbocycles. The van der Waals surface area contributed by atoms with Gasteiger partial charge in [-0.15, -0.1) is 11.6 Å². The average molecular weight is 168 g/mol. The van der Waals surface area contributed by atoms with E-state index in [-0.39, 0.29) is 0 Å². The van der Waals surface area contributed by atoms with Gasteiger partial charge in [0.05, 0.1) is 11.6 Å². The molecular weight excluding hydrogens is 158 g/mol. The van der Waals surface area contributed by atoms with Crippen LogP contribution >= 0.6 is 11.6 Å². The number of hydrogen-bond acceptors (Lipinski definition) is 1. The Labute approximate surface area is 71.7 Å². The summed E-state index contributed by atoms with van der Waals surface area (Å²) in [5, 5.41) is 0. The molecule has 0 saturated carbocycles. The van der Waals surface area contributed by atoms with Crippen molar-refractivity contribution < 1.29 is 0 Å². The molecule has 0 fully saturated rings. The van der Waals surface area contributed by atoms with E-state index in [0.29, 0.717) is 5.88 Å². The van der Waals surface area contributed by atoms with Gasteiger partial charge in [-0.25, -0.2) is 0 Å². The number of halogens is 1. The van der Waals surface area contributed by atoms with Gasteiger partial charge < -0.3 is 0 Å². The SMILES string of the molecule is Cc1ccc(N=CCCl)cc1. The molecule has 0 aliphatic carbocycles. The Morgan fingerprint density at radius 1 is 1.36 bits per heavy atom. The Hall–Kier alpha value is -0.820. The van der Waals surface area contributed by atoms with Crippen molar-refractivity contribution in [1.82, 2.24) is 0 Å². The van der Waals surface area contributed by atoms with Crippen molar-refractivity contribution in [3.8, 4) is 0 Å². The minimum Gasteiger partial charge on any atom is -0.260 e. The van der Waals surface area contributed by atoms with Gasteiger partial charge in [-0.2, -0.15) is 0 Å². The number of hydrogen-bond donors (Lipinski definition) is 0. The summed E-state index contributed by atoms with van der Waals surface area (Å²) in [7, 11) is 0. The maximum absolute atomic E-state index is 5.43. The Kier molecular flexibility index (Phi) is 3.12. The molecule has 0 amide bonds. The maximum atomic E-state index is 5.43. The summed E-state index contributed by atoms with van der Waals surface area (Å²) in [5.74, 6) is 0.466. The van der Waals surface area contributed by atoms with E-state index in [4.69, 9.17) is 11.6 Å². The summed E-state index contributed by atoms with van der Waals surface area (Å²) in [6.07, 6.45) is 1.69. The first-order valence-electron chi connectivity index (χ1n) is 3.48. The third kappa shape index (κ3) is 2.72. The second kappa shape index (κ2) is 4.14. The quantitative estimate of drug-likeness (QED) is 0.475. The number of aliphatic imine (C=N–C) groups is 1. The van der Waals surface area contributed by atoms with Crippen LogP contribution in [0.5, 0.6) is 0 Å². The van der Waals surface area contributed by atoms with Crippen molar-refractivity contribution in [3.05, 3.63) is 29.8 Å². The molecule has 0 spiro atoms. The van der Waals surface area contributed by atoms with Crippen LogP contribution < -0.4 is 0 Å². The average Bonchev–Trinajstić information content (AvgIpc) is 2.04. The van der Waals surface area contributed by atoms with E-state index in [2.05, 4.69) is 11.9 Å². The van der Waals surface area contributed by atoms with Gasteiger partial charge >= 0.3 is 0 Å². The summed E-state index contributed by atoms with van der Waals surface area (Å²) in [6, 6.07) is 8.00. The topological polar surface area (TPSA) is 12.4 Å². The van der Waals surface area contributed by atoms with E-state index >= 15 is 0 Å².